The van der Waals surface area contributed by atoms with Gasteiger partial charge in [0.2, 0.25) is 6.79 Å². The van der Waals surface area contributed by atoms with Crippen LogP contribution >= 0.6 is 0 Å². The highest BCUT2D eigenvalue weighted by atomic mass is 16.7. The van der Waals surface area contributed by atoms with Crippen LogP contribution in [-0.2, 0) is 0 Å². The van der Waals surface area contributed by atoms with Gasteiger partial charge in [0.25, 0.3) is 5.69 Å². The first kappa shape index (κ1) is 17.4. The molecule has 1 aromatic heterocycles. The number of ether oxygens (including phenoxy) is 2. The topological polar surface area (TPSA) is 98.5 Å². The van der Waals surface area contributed by atoms with E-state index in [0.29, 0.717) is 45.3 Å². The van der Waals surface area contributed by atoms with Crippen molar-refractivity contribution in [2.24, 2.45) is 0 Å². The summed E-state index contributed by atoms with van der Waals surface area (Å²) >= 11 is 0. The highest BCUT2D eigenvalue weighted by Crippen LogP contribution is 2.35. The summed E-state index contributed by atoms with van der Waals surface area (Å²) in [5.74, 6) is 2.18. The number of furan rings is 1. The molecule has 2 aromatic carbocycles. The molecule has 2 heterocycles. The summed E-state index contributed by atoms with van der Waals surface area (Å²) in [6.07, 6.45) is 1.61. The predicted molar refractivity (Wildman–Crippen MR) is 102 cm³/mol. The molecule has 138 valence electrons. The van der Waals surface area contributed by atoms with Gasteiger partial charge in [-0.25, -0.2) is 0 Å². The zero-order chi connectivity index (χ0) is 19.7. The van der Waals surface area contributed by atoms with E-state index >= 15 is 0 Å². The van der Waals surface area contributed by atoms with E-state index in [2.05, 4.69) is 6.07 Å². The minimum atomic E-state index is -0.421. The Labute approximate surface area is 160 Å². The quantitative estimate of drug-likeness (QED) is 0.364. The van der Waals surface area contributed by atoms with Gasteiger partial charge in [0.15, 0.2) is 11.5 Å². The Morgan fingerprint density at radius 2 is 1.96 bits per heavy atom. The summed E-state index contributed by atoms with van der Waals surface area (Å²) in [6.45, 7) is 1.84. The van der Waals surface area contributed by atoms with Crippen molar-refractivity contribution in [3.05, 3.63) is 75.5 Å². The fourth-order valence-corrected chi connectivity index (χ4v) is 2.93. The highest BCUT2D eigenvalue weighted by molar-refractivity contribution is 5.89. The van der Waals surface area contributed by atoms with E-state index in [4.69, 9.17) is 13.9 Å². The number of nitro groups is 1. The monoisotopic (exact) mass is 374 g/mol. The van der Waals surface area contributed by atoms with E-state index in [-0.39, 0.29) is 12.5 Å². The van der Waals surface area contributed by atoms with Gasteiger partial charge < -0.3 is 13.9 Å². The Morgan fingerprint density at radius 1 is 1.14 bits per heavy atom. The molecule has 0 saturated heterocycles. The second-order valence-corrected chi connectivity index (χ2v) is 6.20. The normalized spacial score (nSPS) is 12.6. The Bertz CT molecular complexity index is 1150. The molecule has 1 aliphatic rings. The molecule has 28 heavy (non-hydrogen) atoms. The lowest BCUT2D eigenvalue weighted by Gasteiger charge is -2.02. The molecule has 0 N–H and O–H groups in total. The third-order valence-corrected chi connectivity index (χ3v) is 4.41. The molecule has 0 radical (unpaired) electrons. The lowest BCUT2D eigenvalue weighted by molar-refractivity contribution is -0.385. The average molecular weight is 374 g/mol. The number of fused-ring (bicyclic) bond motifs is 1. The highest BCUT2D eigenvalue weighted by Gasteiger charge is 2.16. The molecular formula is C21H14N2O5. The number of aryl methyl sites for hydroxylation is 1. The number of allylic oxidation sites excluding steroid dienone is 1. The van der Waals surface area contributed by atoms with Gasteiger partial charge >= 0.3 is 0 Å². The Morgan fingerprint density at radius 3 is 2.75 bits per heavy atom. The van der Waals surface area contributed by atoms with Crippen LogP contribution < -0.4 is 9.47 Å². The van der Waals surface area contributed by atoms with Gasteiger partial charge in [-0.15, -0.1) is 0 Å². The van der Waals surface area contributed by atoms with Gasteiger partial charge in [0.1, 0.15) is 11.5 Å². The summed E-state index contributed by atoms with van der Waals surface area (Å²) in [4.78, 5) is 10.7. The van der Waals surface area contributed by atoms with Crippen LogP contribution in [0.1, 0.15) is 16.9 Å². The molecule has 1 aliphatic heterocycles. The summed E-state index contributed by atoms with van der Waals surface area (Å²) in [5.41, 5.74) is 2.28. The van der Waals surface area contributed by atoms with Crippen molar-refractivity contribution in [3.8, 4) is 28.9 Å². The first-order valence-electron chi connectivity index (χ1n) is 8.42. The average Bonchev–Trinajstić information content (AvgIpc) is 3.35. The maximum absolute atomic E-state index is 11.1. The van der Waals surface area contributed by atoms with E-state index in [9.17, 15) is 15.4 Å². The van der Waals surface area contributed by atoms with E-state index in [1.165, 1.54) is 6.07 Å². The fraction of sp³-hybridized carbons (Fsp3) is 0.0952. The zero-order valence-electron chi connectivity index (χ0n) is 14.8. The van der Waals surface area contributed by atoms with Crippen molar-refractivity contribution in [3.63, 3.8) is 0 Å². The lowest BCUT2D eigenvalue weighted by atomic mass is 10.1. The van der Waals surface area contributed by atoms with Crippen molar-refractivity contribution in [1.82, 2.24) is 0 Å². The van der Waals surface area contributed by atoms with Crippen molar-refractivity contribution in [1.29, 1.82) is 5.26 Å². The van der Waals surface area contributed by atoms with Gasteiger partial charge in [-0.05, 0) is 48.9 Å². The van der Waals surface area contributed by atoms with Crippen LogP contribution in [0.5, 0.6) is 11.5 Å². The predicted octanol–water partition coefficient (Wildman–Crippen LogP) is 4.96. The first-order chi connectivity index (χ1) is 13.5. The van der Waals surface area contributed by atoms with Crippen molar-refractivity contribution in [2.45, 2.75) is 6.92 Å². The van der Waals surface area contributed by atoms with Crippen LogP contribution in [0.15, 0.2) is 52.9 Å². The van der Waals surface area contributed by atoms with E-state index in [1.54, 1.807) is 55.5 Å². The van der Waals surface area contributed by atoms with E-state index in [1.807, 2.05) is 0 Å². The third-order valence-electron chi connectivity index (χ3n) is 4.41. The Hall–Kier alpha value is -4.05. The molecule has 0 fully saturated rings. The van der Waals surface area contributed by atoms with Crippen molar-refractivity contribution < 1.29 is 18.8 Å². The third kappa shape index (κ3) is 3.19. The maximum atomic E-state index is 11.1. The van der Waals surface area contributed by atoms with Gasteiger partial charge in [0.05, 0.1) is 16.6 Å². The van der Waals surface area contributed by atoms with Crippen molar-refractivity contribution in [2.75, 3.05) is 6.79 Å². The second-order valence-electron chi connectivity index (χ2n) is 6.20. The number of nitro benzene ring substituents is 1. The second kappa shape index (κ2) is 6.93. The molecule has 4 rings (SSSR count). The molecule has 0 aliphatic carbocycles. The van der Waals surface area contributed by atoms with E-state index in [0.717, 1.165) is 0 Å². The maximum Gasteiger partial charge on any atom is 0.273 e. The number of benzene rings is 2. The molecule has 0 unspecified atom stereocenters. The molecule has 0 atom stereocenters. The van der Waals surface area contributed by atoms with Crippen LogP contribution in [0.25, 0.3) is 23.0 Å². The van der Waals surface area contributed by atoms with Gasteiger partial charge in [0, 0.05) is 17.2 Å². The van der Waals surface area contributed by atoms with E-state index < -0.39 is 4.92 Å². The van der Waals surface area contributed by atoms with Gasteiger partial charge in [-0.3, -0.25) is 10.1 Å². The number of nitrogens with zero attached hydrogens (tertiary/aromatic N) is 2. The molecule has 0 saturated carbocycles. The Balaban J connectivity index is 1.66. The van der Waals surface area contributed by atoms with Crippen LogP contribution in [0.3, 0.4) is 0 Å². The summed E-state index contributed by atoms with van der Waals surface area (Å²) < 4.78 is 16.4. The fourth-order valence-electron chi connectivity index (χ4n) is 2.93. The summed E-state index contributed by atoms with van der Waals surface area (Å²) in [5, 5.41) is 20.7. The van der Waals surface area contributed by atoms with Crippen LogP contribution in [0.4, 0.5) is 5.69 Å². The molecule has 7 heteroatoms. The minimum Gasteiger partial charge on any atom is -0.457 e. The SMILES string of the molecule is Cc1ccc(-c2ccc(C=C(C#N)c3ccc4c(c3)OCO4)o2)cc1[N+](=O)[O-]. The van der Waals surface area contributed by atoms with Crippen LogP contribution in [0.2, 0.25) is 0 Å². The standard InChI is InChI=1S/C21H14N2O5/c1-13-2-3-15(9-18(13)23(24)25)19-7-5-17(28-19)8-16(11-22)14-4-6-20-21(10-14)27-12-26-20/h2-10H,12H2,1H3. The molecule has 0 amide bonds. The van der Waals surface area contributed by atoms with Crippen LogP contribution in [-0.4, -0.2) is 11.7 Å². The number of hydrogen-bond acceptors (Lipinski definition) is 6. The number of nitriles is 1. The molecule has 3 aromatic rings. The molecule has 0 spiro atoms. The van der Waals surface area contributed by atoms with Crippen LogP contribution in [0, 0.1) is 28.4 Å². The molecule has 0 bridgehead atoms. The van der Waals surface area contributed by atoms with Gasteiger partial charge in [-0.1, -0.05) is 12.1 Å². The first-order valence-corrected chi connectivity index (χ1v) is 8.42. The minimum absolute atomic E-state index is 0.0315. The molecular weight excluding hydrogens is 360 g/mol. The lowest BCUT2D eigenvalue weighted by Crippen LogP contribution is -1.92. The molecule has 7 nitrogen and oxygen atoms in total. The summed E-state index contributed by atoms with van der Waals surface area (Å²) in [6, 6.07) is 15.8. The van der Waals surface area contributed by atoms with Gasteiger partial charge in [-0.2, -0.15) is 5.26 Å². The largest absolute Gasteiger partial charge is 0.457 e. The number of rotatable bonds is 4. The van der Waals surface area contributed by atoms with Crippen molar-refractivity contribution >= 4 is 17.3 Å². The number of hydrogen-bond donors (Lipinski definition) is 0. The summed E-state index contributed by atoms with van der Waals surface area (Å²) in [7, 11) is 0. The Kier molecular flexibility index (Phi) is 4.30. The smallest absolute Gasteiger partial charge is 0.273 e. The zero-order valence-corrected chi connectivity index (χ0v) is 14.8.